The summed E-state index contributed by atoms with van der Waals surface area (Å²) in [5, 5.41) is 3.57. The molecule has 2 heterocycles. The molecular weight excluding hydrogens is 236 g/mol. The van der Waals surface area contributed by atoms with Crippen LogP contribution in [0, 0.1) is 6.92 Å². The number of pyridine rings is 1. The van der Waals surface area contributed by atoms with E-state index in [1.807, 2.05) is 18.3 Å². The maximum atomic E-state index is 5.67. The number of hydrogen-bond acceptors (Lipinski definition) is 3. The van der Waals surface area contributed by atoms with Crippen molar-refractivity contribution in [3.05, 3.63) is 59.4 Å². The Morgan fingerprint density at radius 1 is 1.26 bits per heavy atom. The number of hydrogen-bond donors (Lipinski definition) is 1. The third kappa shape index (κ3) is 2.76. The van der Waals surface area contributed by atoms with Crippen LogP contribution in [0.25, 0.3) is 0 Å². The zero-order valence-electron chi connectivity index (χ0n) is 11.1. The molecule has 2 aromatic rings. The number of nitrogens with one attached hydrogen (secondary N) is 1. The first-order valence-corrected chi connectivity index (χ1v) is 6.69. The Balaban J connectivity index is 1.69. The lowest BCUT2D eigenvalue weighted by Gasteiger charge is -2.26. The summed E-state index contributed by atoms with van der Waals surface area (Å²) in [5.41, 5.74) is 3.52. The zero-order valence-corrected chi connectivity index (χ0v) is 11.1. The summed E-state index contributed by atoms with van der Waals surface area (Å²) in [4.78, 5) is 4.42. The fourth-order valence-corrected chi connectivity index (χ4v) is 2.38. The highest BCUT2D eigenvalue weighted by molar-refractivity contribution is 5.37. The molecule has 1 aromatic heterocycles. The Kier molecular flexibility index (Phi) is 3.47. The summed E-state index contributed by atoms with van der Waals surface area (Å²) in [6, 6.07) is 12.8. The lowest BCUT2D eigenvalue weighted by atomic mass is 10.0. The number of aromatic nitrogens is 1. The molecule has 0 saturated heterocycles. The number of para-hydroxylation sites is 1. The average Bonchev–Trinajstić information content (AvgIpc) is 2.47. The first-order valence-electron chi connectivity index (χ1n) is 6.69. The van der Waals surface area contributed by atoms with Crippen molar-refractivity contribution >= 4 is 0 Å². The second-order valence-corrected chi connectivity index (χ2v) is 4.94. The minimum Gasteiger partial charge on any atom is -0.493 e. The molecule has 1 atom stereocenters. The van der Waals surface area contributed by atoms with Gasteiger partial charge in [-0.1, -0.05) is 24.3 Å². The topological polar surface area (TPSA) is 34.1 Å². The first kappa shape index (κ1) is 12.2. The third-order valence-electron chi connectivity index (χ3n) is 3.46. The van der Waals surface area contributed by atoms with Crippen molar-refractivity contribution in [3.8, 4) is 5.75 Å². The van der Waals surface area contributed by atoms with E-state index in [0.717, 1.165) is 31.0 Å². The van der Waals surface area contributed by atoms with Gasteiger partial charge in [-0.05, 0) is 24.6 Å². The quantitative estimate of drug-likeness (QED) is 0.914. The van der Waals surface area contributed by atoms with Crippen molar-refractivity contribution in [2.45, 2.75) is 25.9 Å². The van der Waals surface area contributed by atoms with E-state index in [4.69, 9.17) is 4.74 Å². The predicted molar refractivity (Wildman–Crippen MR) is 75.1 cm³/mol. The molecule has 1 unspecified atom stereocenters. The second kappa shape index (κ2) is 5.41. The van der Waals surface area contributed by atoms with Gasteiger partial charge in [-0.25, -0.2) is 0 Å². The van der Waals surface area contributed by atoms with Gasteiger partial charge in [0.1, 0.15) is 5.75 Å². The van der Waals surface area contributed by atoms with Crippen molar-refractivity contribution < 1.29 is 4.74 Å². The molecule has 0 saturated carbocycles. The largest absolute Gasteiger partial charge is 0.493 e. The van der Waals surface area contributed by atoms with Crippen LogP contribution < -0.4 is 10.1 Å². The number of nitrogens with zero attached hydrogens (tertiary/aromatic N) is 1. The zero-order chi connectivity index (χ0) is 13.1. The molecule has 0 amide bonds. The van der Waals surface area contributed by atoms with Crippen molar-refractivity contribution in [2.75, 3.05) is 6.61 Å². The van der Waals surface area contributed by atoms with Crippen LogP contribution in [0.3, 0.4) is 0 Å². The first-order chi connectivity index (χ1) is 9.33. The maximum Gasteiger partial charge on any atom is 0.124 e. The second-order valence-electron chi connectivity index (χ2n) is 4.94. The summed E-state index contributed by atoms with van der Waals surface area (Å²) in [7, 11) is 0. The van der Waals surface area contributed by atoms with Gasteiger partial charge >= 0.3 is 0 Å². The summed E-state index contributed by atoms with van der Waals surface area (Å²) in [6.07, 6.45) is 2.91. The van der Waals surface area contributed by atoms with Crippen molar-refractivity contribution in [1.82, 2.24) is 10.3 Å². The number of aryl methyl sites for hydroxylation is 1. The molecule has 0 radical (unpaired) electrons. The molecule has 3 rings (SSSR count). The Morgan fingerprint density at radius 2 is 2.16 bits per heavy atom. The van der Waals surface area contributed by atoms with Crippen LogP contribution in [0.5, 0.6) is 5.75 Å². The van der Waals surface area contributed by atoms with Crippen LogP contribution in [-0.4, -0.2) is 11.6 Å². The van der Waals surface area contributed by atoms with Crippen LogP contribution in [0.15, 0.2) is 42.6 Å². The Hall–Kier alpha value is -1.87. The van der Waals surface area contributed by atoms with Crippen LogP contribution in [0.1, 0.15) is 29.3 Å². The molecule has 0 bridgehead atoms. The highest BCUT2D eigenvalue weighted by Crippen LogP contribution is 2.31. The van der Waals surface area contributed by atoms with Gasteiger partial charge in [0.2, 0.25) is 0 Å². The van der Waals surface area contributed by atoms with Gasteiger partial charge in [0.25, 0.3) is 0 Å². The number of rotatable bonds is 3. The van der Waals surface area contributed by atoms with Crippen LogP contribution >= 0.6 is 0 Å². The standard InChI is InChI=1S/C16H18N2O/c1-12-6-7-13(17-10-12)11-18-15-8-9-19-16-5-3-2-4-14(15)16/h2-7,10,15,18H,8-9,11H2,1H3. The van der Waals surface area contributed by atoms with E-state index in [0.29, 0.717) is 6.04 Å². The fourth-order valence-electron chi connectivity index (χ4n) is 2.38. The number of benzene rings is 1. The molecule has 3 nitrogen and oxygen atoms in total. The SMILES string of the molecule is Cc1ccc(CNC2CCOc3ccccc32)nc1. The Labute approximate surface area is 113 Å². The summed E-state index contributed by atoms with van der Waals surface area (Å²) >= 11 is 0. The third-order valence-corrected chi connectivity index (χ3v) is 3.46. The fraction of sp³-hybridized carbons (Fsp3) is 0.312. The molecule has 98 valence electrons. The molecule has 1 aromatic carbocycles. The van der Waals surface area contributed by atoms with Gasteiger partial charge in [-0.3, -0.25) is 4.98 Å². The summed E-state index contributed by atoms with van der Waals surface area (Å²) in [6.45, 7) is 3.62. The minimum atomic E-state index is 0.355. The van der Waals surface area contributed by atoms with E-state index in [-0.39, 0.29) is 0 Å². The molecule has 0 aliphatic carbocycles. The lowest BCUT2D eigenvalue weighted by Crippen LogP contribution is -2.27. The van der Waals surface area contributed by atoms with Gasteiger partial charge in [0.15, 0.2) is 0 Å². The monoisotopic (exact) mass is 254 g/mol. The molecular formula is C16H18N2O. The van der Waals surface area contributed by atoms with Crippen LogP contribution in [0.2, 0.25) is 0 Å². The lowest BCUT2D eigenvalue weighted by molar-refractivity contribution is 0.252. The van der Waals surface area contributed by atoms with E-state index < -0.39 is 0 Å². The van der Waals surface area contributed by atoms with Crippen molar-refractivity contribution in [3.63, 3.8) is 0 Å². The van der Waals surface area contributed by atoms with E-state index in [1.165, 1.54) is 11.1 Å². The van der Waals surface area contributed by atoms with Gasteiger partial charge in [0, 0.05) is 30.8 Å². The van der Waals surface area contributed by atoms with Gasteiger partial charge < -0.3 is 10.1 Å². The molecule has 0 spiro atoms. The van der Waals surface area contributed by atoms with E-state index in [2.05, 4.69) is 41.5 Å². The Bertz CT molecular complexity index is 551. The average molecular weight is 254 g/mol. The maximum absolute atomic E-state index is 5.67. The van der Waals surface area contributed by atoms with E-state index >= 15 is 0 Å². The minimum absolute atomic E-state index is 0.355. The normalized spacial score (nSPS) is 17.6. The van der Waals surface area contributed by atoms with Crippen LogP contribution in [0.4, 0.5) is 0 Å². The molecule has 1 aliphatic rings. The van der Waals surface area contributed by atoms with Gasteiger partial charge in [0.05, 0.1) is 12.3 Å². The molecule has 19 heavy (non-hydrogen) atoms. The van der Waals surface area contributed by atoms with Crippen molar-refractivity contribution in [1.29, 1.82) is 0 Å². The van der Waals surface area contributed by atoms with Crippen molar-refractivity contribution in [2.24, 2.45) is 0 Å². The van der Waals surface area contributed by atoms with Gasteiger partial charge in [-0.15, -0.1) is 0 Å². The Morgan fingerprint density at radius 3 is 3.00 bits per heavy atom. The van der Waals surface area contributed by atoms with Crippen LogP contribution in [-0.2, 0) is 6.54 Å². The molecule has 1 N–H and O–H groups in total. The van der Waals surface area contributed by atoms with E-state index in [9.17, 15) is 0 Å². The highest BCUT2D eigenvalue weighted by atomic mass is 16.5. The summed E-state index contributed by atoms with van der Waals surface area (Å²) < 4.78 is 5.67. The summed E-state index contributed by atoms with van der Waals surface area (Å²) in [5.74, 6) is 1.00. The molecule has 3 heteroatoms. The predicted octanol–water partition coefficient (Wildman–Crippen LogP) is 3.00. The number of ether oxygens (including phenoxy) is 1. The molecule has 1 aliphatic heterocycles. The molecule has 0 fully saturated rings. The smallest absolute Gasteiger partial charge is 0.124 e. The van der Waals surface area contributed by atoms with E-state index in [1.54, 1.807) is 0 Å². The number of fused-ring (bicyclic) bond motifs is 1. The van der Waals surface area contributed by atoms with Gasteiger partial charge in [-0.2, -0.15) is 0 Å². The highest BCUT2D eigenvalue weighted by Gasteiger charge is 2.20.